The molecule has 2 saturated heterocycles. The van der Waals surface area contributed by atoms with Gasteiger partial charge in [0.15, 0.2) is 0 Å². The highest BCUT2D eigenvalue weighted by Gasteiger charge is 2.38. The number of sulfonamides is 2. The number of carbonyl (C=O) groups excluding carboxylic acids is 1. The fraction of sp³-hybridized carbons (Fsp3) is 0.458. The number of amides is 1. The fourth-order valence-electron chi connectivity index (χ4n) is 4.61. The van der Waals surface area contributed by atoms with Crippen LogP contribution >= 0.6 is 0 Å². The molecule has 0 saturated carbocycles. The van der Waals surface area contributed by atoms with Crippen molar-refractivity contribution in [3.8, 4) is 5.75 Å². The van der Waals surface area contributed by atoms with Gasteiger partial charge in [0.25, 0.3) is 0 Å². The molecule has 0 bridgehead atoms. The summed E-state index contributed by atoms with van der Waals surface area (Å²) in [4.78, 5) is 13.4. The Kier molecular flexibility index (Phi) is 7.80. The van der Waals surface area contributed by atoms with Gasteiger partial charge in [-0.1, -0.05) is 31.0 Å². The molecule has 35 heavy (non-hydrogen) atoms. The van der Waals surface area contributed by atoms with Gasteiger partial charge in [-0.25, -0.2) is 16.8 Å². The number of piperidine rings is 2. The molecule has 2 fully saturated rings. The van der Waals surface area contributed by atoms with Crippen LogP contribution in [0.1, 0.15) is 38.5 Å². The van der Waals surface area contributed by atoms with Crippen molar-refractivity contribution in [2.24, 2.45) is 0 Å². The van der Waals surface area contributed by atoms with E-state index in [1.165, 1.54) is 40.0 Å². The van der Waals surface area contributed by atoms with Crippen LogP contribution in [-0.4, -0.2) is 64.1 Å². The number of anilines is 1. The second kappa shape index (κ2) is 10.7. The Balaban J connectivity index is 1.60. The second-order valence-electron chi connectivity index (χ2n) is 8.76. The van der Waals surface area contributed by atoms with Crippen molar-refractivity contribution in [2.45, 2.75) is 54.4 Å². The molecule has 0 spiro atoms. The maximum absolute atomic E-state index is 13.3. The van der Waals surface area contributed by atoms with E-state index in [-0.39, 0.29) is 27.8 Å². The Morgan fingerprint density at radius 3 is 2.26 bits per heavy atom. The van der Waals surface area contributed by atoms with Crippen molar-refractivity contribution in [3.05, 3.63) is 48.5 Å². The molecule has 1 amide bonds. The van der Waals surface area contributed by atoms with Crippen LogP contribution in [0, 0.1) is 0 Å². The SMILES string of the molecule is COc1ccc(NC(=O)[C@H]2CCCCN2S(=O)(=O)c2ccccc2)cc1S(=O)(=O)N1CCCCC1. The molecule has 0 aliphatic carbocycles. The first-order chi connectivity index (χ1) is 16.7. The summed E-state index contributed by atoms with van der Waals surface area (Å²) >= 11 is 0. The van der Waals surface area contributed by atoms with Crippen LogP contribution in [0.25, 0.3) is 0 Å². The first-order valence-electron chi connectivity index (χ1n) is 11.8. The third kappa shape index (κ3) is 5.37. The zero-order chi connectivity index (χ0) is 25.1. The second-order valence-corrected chi connectivity index (χ2v) is 12.6. The van der Waals surface area contributed by atoms with Gasteiger partial charge in [-0.15, -0.1) is 0 Å². The van der Waals surface area contributed by atoms with E-state index in [2.05, 4.69) is 5.32 Å². The maximum Gasteiger partial charge on any atom is 0.246 e. The van der Waals surface area contributed by atoms with Gasteiger partial charge in [-0.05, 0) is 56.0 Å². The average molecular weight is 522 g/mol. The van der Waals surface area contributed by atoms with E-state index in [1.54, 1.807) is 24.3 Å². The zero-order valence-electron chi connectivity index (χ0n) is 19.7. The summed E-state index contributed by atoms with van der Waals surface area (Å²) in [6.07, 6.45) is 4.35. The van der Waals surface area contributed by atoms with Crippen LogP contribution < -0.4 is 10.1 Å². The van der Waals surface area contributed by atoms with E-state index in [0.29, 0.717) is 25.9 Å². The Hall–Kier alpha value is -2.47. The molecule has 2 aromatic rings. The highest BCUT2D eigenvalue weighted by atomic mass is 32.2. The first kappa shape index (κ1) is 25.6. The Labute approximate surface area is 207 Å². The Bertz CT molecular complexity index is 1260. The number of methoxy groups -OCH3 is 1. The number of nitrogens with zero attached hydrogens (tertiary/aromatic N) is 2. The maximum atomic E-state index is 13.3. The van der Waals surface area contributed by atoms with Crippen molar-refractivity contribution >= 4 is 31.6 Å². The van der Waals surface area contributed by atoms with E-state index in [0.717, 1.165) is 25.7 Å². The van der Waals surface area contributed by atoms with Gasteiger partial charge in [0.05, 0.1) is 12.0 Å². The van der Waals surface area contributed by atoms with Gasteiger partial charge in [-0.2, -0.15) is 8.61 Å². The monoisotopic (exact) mass is 521 g/mol. The highest BCUT2D eigenvalue weighted by Crippen LogP contribution is 2.32. The third-order valence-corrected chi connectivity index (χ3v) is 10.3. The lowest BCUT2D eigenvalue weighted by Gasteiger charge is -2.33. The molecule has 0 radical (unpaired) electrons. The molecule has 0 unspecified atom stereocenters. The van der Waals surface area contributed by atoms with Crippen LogP contribution in [-0.2, 0) is 24.8 Å². The number of hydrogen-bond donors (Lipinski definition) is 1. The minimum Gasteiger partial charge on any atom is -0.495 e. The van der Waals surface area contributed by atoms with E-state index < -0.39 is 32.0 Å². The molecule has 11 heteroatoms. The molecule has 1 atom stereocenters. The zero-order valence-corrected chi connectivity index (χ0v) is 21.4. The van der Waals surface area contributed by atoms with Crippen molar-refractivity contribution in [1.82, 2.24) is 8.61 Å². The van der Waals surface area contributed by atoms with E-state index in [1.807, 2.05) is 0 Å². The van der Waals surface area contributed by atoms with Gasteiger partial charge >= 0.3 is 0 Å². The number of rotatable bonds is 7. The predicted octanol–water partition coefficient (Wildman–Crippen LogP) is 3.05. The van der Waals surface area contributed by atoms with Gasteiger partial charge in [0.2, 0.25) is 26.0 Å². The predicted molar refractivity (Wildman–Crippen MR) is 132 cm³/mol. The van der Waals surface area contributed by atoms with Gasteiger partial charge in [-0.3, -0.25) is 4.79 Å². The molecular weight excluding hydrogens is 490 g/mol. The van der Waals surface area contributed by atoms with Crippen molar-refractivity contribution in [3.63, 3.8) is 0 Å². The summed E-state index contributed by atoms with van der Waals surface area (Å²) in [5, 5.41) is 2.75. The Morgan fingerprint density at radius 1 is 0.886 bits per heavy atom. The lowest BCUT2D eigenvalue weighted by atomic mass is 10.0. The summed E-state index contributed by atoms with van der Waals surface area (Å²) in [5.74, 6) is -0.296. The number of carbonyl (C=O) groups is 1. The van der Waals surface area contributed by atoms with E-state index in [4.69, 9.17) is 4.74 Å². The topological polar surface area (TPSA) is 113 Å². The van der Waals surface area contributed by atoms with Crippen LogP contribution in [0.2, 0.25) is 0 Å². The van der Waals surface area contributed by atoms with Crippen molar-refractivity contribution < 1.29 is 26.4 Å². The molecule has 1 N–H and O–H groups in total. The minimum absolute atomic E-state index is 0.0166. The lowest BCUT2D eigenvalue weighted by molar-refractivity contribution is -0.120. The lowest BCUT2D eigenvalue weighted by Crippen LogP contribution is -2.49. The first-order valence-corrected chi connectivity index (χ1v) is 14.7. The quantitative estimate of drug-likeness (QED) is 0.599. The molecule has 2 aliphatic heterocycles. The molecule has 4 rings (SSSR count). The van der Waals surface area contributed by atoms with Crippen molar-refractivity contribution in [2.75, 3.05) is 32.1 Å². The fourth-order valence-corrected chi connectivity index (χ4v) is 7.98. The largest absolute Gasteiger partial charge is 0.495 e. The third-order valence-electron chi connectivity index (χ3n) is 6.47. The van der Waals surface area contributed by atoms with Crippen LogP contribution in [0.4, 0.5) is 5.69 Å². The Morgan fingerprint density at radius 2 is 1.57 bits per heavy atom. The van der Waals surface area contributed by atoms with E-state index in [9.17, 15) is 21.6 Å². The molecular formula is C24H31N3O6S2. The van der Waals surface area contributed by atoms with Gasteiger partial charge in [0.1, 0.15) is 16.7 Å². The molecule has 9 nitrogen and oxygen atoms in total. The summed E-state index contributed by atoms with van der Waals surface area (Å²) in [7, 11) is -6.26. The molecule has 190 valence electrons. The summed E-state index contributed by atoms with van der Waals surface area (Å²) in [6.45, 7) is 1.12. The van der Waals surface area contributed by atoms with E-state index >= 15 is 0 Å². The van der Waals surface area contributed by atoms with Gasteiger partial charge < -0.3 is 10.1 Å². The number of nitrogens with one attached hydrogen (secondary N) is 1. The highest BCUT2D eigenvalue weighted by molar-refractivity contribution is 7.89. The average Bonchev–Trinajstić information content (AvgIpc) is 2.89. The van der Waals surface area contributed by atoms with Crippen LogP contribution in [0.15, 0.2) is 58.3 Å². The van der Waals surface area contributed by atoms with Gasteiger partial charge in [0, 0.05) is 25.3 Å². The number of benzene rings is 2. The van der Waals surface area contributed by atoms with Crippen LogP contribution in [0.5, 0.6) is 5.75 Å². The molecule has 2 heterocycles. The van der Waals surface area contributed by atoms with Crippen LogP contribution in [0.3, 0.4) is 0 Å². The summed E-state index contributed by atoms with van der Waals surface area (Å²) < 4.78 is 61.1. The summed E-state index contributed by atoms with van der Waals surface area (Å²) in [6, 6.07) is 11.6. The van der Waals surface area contributed by atoms with Crippen molar-refractivity contribution in [1.29, 1.82) is 0 Å². The summed E-state index contributed by atoms with van der Waals surface area (Å²) in [5.41, 5.74) is 0.272. The smallest absolute Gasteiger partial charge is 0.246 e. The standard InChI is InChI=1S/C24H31N3O6S2/c1-33-22-14-13-19(18-23(22)35(31,32)26-15-7-3-8-16-26)25-24(28)21-12-6-9-17-27(21)34(29,30)20-10-4-2-5-11-20/h2,4-5,10-11,13-14,18,21H,3,6-9,12,15-17H2,1H3,(H,25,28)/t21-/m1/s1. The molecule has 2 aromatic carbocycles. The molecule has 0 aromatic heterocycles. The minimum atomic E-state index is -3.86. The number of hydrogen-bond acceptors (Lipinski definition) is 6. The molecule has 2 aliphatic rings. The number of ether oxygens (including phenoxy) is 1. The normalized spacial score (nSPS) is 20.3.